The number of thiophene rings is 1. The summed E-state index contributed by atoms with van der Waals surface area (Å²) in [7, 11) is 0. The van der Waals surface area contributed by atoms with Gasteiger partial charge in [0.05, 0.1) is 11.1 Å². The van der Waals surface area contributed by atoms with E-state index >= 15 is 0 Å². The second-order valence-corrected chi connectivity index (χ2v) is 10.6. The number of hydrogen-bond acceptors (Lipinski definition) is 5. The monoisotopic (exact) mass is 393 g/mol. The van der Waals surface area contributed by atoms with E-state index in [9.17, 15) is 4.79 Å². The van der Waals surface area contributed by atoms with Crippen molar-refractivity contribution in [2.75, 3.05) is 0 Å². The average Bonchev–Trinajstić information content (AvgIpc) is 3.21. The van der Waals surface area contributed by atoms with Crippen LogP contribution < -0.4 is 0 Å². The van der Waals surface area contributed by atoms with Crippen molar-refractivity contribution in [3.63, 3.8) is 0 Å². The maximum Gasteiger partial charge on any atom is 0.312 e. The summed E-state index contributed by atoms with van der Waals surface area (Å²) < 4.78 is 5.74. The van der Waals surface area contributed by atoms with Crippen LogP contribution in [0.2, 0.25) is 0 Å². The number of aromatic nitrogens is 1. The Morgan fingerprint density at radius 3 is 2.76 bits per heavy atom. The zero-order valence-corrected chi connectivity index (χ0v) is 16.3. The fourth-order valence-corrected chi connectivity index (χ4v) is 7.78. The topological polar surface area (TPSA) is 39.2 Å². The zero-order valence-electron chi connectivity index (χ0n) is 13.9. The van der Waals surface area contributed by atoms with Crippen molar-refractivity contribution in [2.45, 2.75) is 50.0 Å². The summed E-state index contributed by atoms with van der Waals surface area (Å²) >= 11 is 10.1. The van der Waals surface area contributed by atoms with E-state index in [2.05, 4.69) is 16.4 Å². The van der Waals surface area contributed by atoms with E-state index in [0.29, 0.717) is 11.8 Å². The molecule has 0 radical (unpaired) electrons. The molecule has 132 valence electrons. The van der Waals surface area contributed by atoms with Crippen LogP contribution in [0.5, 0.6) is 0 Å². The number of alkyl halides is 1. The highest BCUT2D eigenvalue weighted by Gasteiger charge is 2.60. The van der Waals surface area contributed by atoms with Gasteiger partial charge in [0.25, 0.3) is 0 Å². The van der Waals surface area contributed by atoms with Gasteiger partial charge in [-0.25, -0.2) is 4.98 Å². The summed E-state index contributed by atoms with van der Waals surface area (Å²) in [5.74, 6) is 1.17. The Labute approximate surface area is 160 Å². The Bertz CT molecular complexity index is 786. The van der Waals surface area contributed by atoms with Crippen LogP contribution >= 0.6 is 34.3 Å². The summed E-state index contributed by atoms with van der Waals surface area (Å²) in [6.07, 6.45) is 6.14. The molecule has 0 amide bonds. The molecule has 0 saturated heterocycles. The molecule has 6 heteroatoms. The van der Waals surface area contributed by atoms with Gasteiger partial charge in [-0.15, -0.1) is 22.9 Å². The van der Waals surface area contributed by atoms with E-state index in [-0.39, 0.29) is 22.9 Å². The van der Waals surface area contributed by atoms with Gasteiger partial charge in [0, 0.05) is 21.2 Å². The number of carbonyl (C=O) groups is 1. The third kappa shape index (κ3) is 2.84. The lowest BCUT2D eigenvalue weighted by Crippen LogP contribution is -2.56. The van der Waals surface area contributed by atoms with Crippen molar-refractivity contribution in [3.05, 3.63) is 27.9 Å². The first-order valence-electron chi connectivity index (χ1n) is 8.87. The average molecular weight is 394 g/mol. The Hall–Kier alpha value is -0.910. The van der Waals surface area contributed by atoms with Gasteiger partial charge in [0.15, 0.2) is 0 Å². The van der Waals surface area contributed by atoms with Gasteiger partial charge in [-0.3, -0.25) is 4.79 Å². The molecule has 2 aromatic heterocycles. The second kappa shape index (κ2) is 5.80. The number of esters is 1. The Morgan fingerprint density at radius 2 is 2.08 bits per heavy atom. The molecule has 0 aromatic carbocycles. The number of rotatable bonds is 4. The molecule has 4 fully saturated rings. The summed E-state index contributed by atoms with van der Waals surface area (Å²) in [6.45, 7) is 0.270. The number of halogens is 1. The highest BCUT2D eigenvalue weighted by atomic mass is 35.5. The molecule has 25 heavy (non-hydrogen) atoms. The normalized spacial score (nSPS) is 35.9. The van der Waals surface area contributed by atoms with Crippen LogP contribution in [-0.4, -0.2) is 15.8 Å². The molecule has 0 spiro atoms. The number of ether oxygens (including phenoxy) is 1. The minimum Gasteiger partial charge on any atom is -0.459 e. The first-order chi connectivity index (χ1) is 12.0. The predicted octanol–water partition coefficient (Wildman–Crippen LogP) is 5.49. The number of nitrogens with zero attached hydrogens (tertiary/aromatic N) is 1. The quantitative estimate of drug-likeness (QED) is 0.509. The van der Waals surface area contributed by atoms with Gasteiger partial charge in [0.2, 0.25) is 0 Å². The summed E-state index contributed by atoms with van der Waals surface area (Å²) in [5.41, 5.74) is 1.64. The second-order valence-electron chi connectivity index (χ2n) is 8.12. The van der Waals surface area contributed by atoms with E-state index in [1.54, 1.807) is 22.7 Å². The van der Waals surface area contributed by atoms with Crippen molar-refractivity contribution in [1.29, 1.82) is 0 Å². The van der Waals surface area contributed by atoms with E-state index < -0.39 is 0 Å². The third-order valence-corrected chi connectivity index (χ3v) is 8.16. The first-order valence-corrected chi connectivity index (χ1v) is 11.1. The zero-order chi connectivity index (χ0) is 17.1. The van der Waals surface area contributed by atoms with Crippen molar-refractivity contribution in [3.8, 4) is 10.6 Å². The minimum atomic E-state index is -0.335. The van der Waals surface area contributed by atoms with Crippen LogP contribution in [0.4, 0.5) is 0 Å². The van der Waals surface area contributed by atoms with Gasteiger partial charge in [-0.05, 0) is 61.8 Å². The first kappa shape index (κ1) is 16.3. The SMILES string of the molecule is O=C(OCc1csc(-c2ccsc2)n1)C12C[C@@H]3C[C@@H](CC(Cl)(C3)C1)C2. The van der Waals surface area contributed by atoms with E-state index in [1.807, 2.05) is 10.8 Å². The lowest BCUT2D eigenvalue weighted by molar-refractivity contribution is -0.171. The van der Waals surface area contributed by atoms with Crippen LogP contribution in [-0.2, 0) is 16.1 Å². The van der Waals surface area contributed by atoms with Gasteiger partial charge in [-0.1, -0.05) is 0 Å². The minimum absolute atomic E-state index is 0.0447. The maximum absolute atomic E-state index is 12.9. The number of carbonyl (C=O) groups excluding carboxylic acids is 1. The van der Waals surface area contributed by atoms with Crippen molar-refractivity contribution >= 4 is 40.2 Å². The molecule has 4 aliphatic rings. The third-order valence-electron chi connectivity index (χ3n) is 6.09. The van der Waals surface area contributed by atoms with E-state index in [4.69, 9.17) is 16.3 Å². The fraction of sp³-hybridized carbons (Fsp3) is 0.579. The molecule has 2 unspecified atom stereocenters. The molecule has 0 aliphatic heterocycles. The van der Waals surface area contributed by atoms with E-state index in [1.165, 1.54) is 6.42 Å². The van der Waals surface area contributed by atoms with Crippen LogP contribution in [0, 0.1) is 17.3 Å². The Morgan fingerprint density at radius 1 is 1.28 bits per heavy atom. The largest absolute Gasteiger partial charge is 0.459 e. The van der Waals surface area contributed by atoms with Crippen molar-refractivity contribution in [1.82, 2.24) is 4.98 Å². The van der Waals surface area contributed by atoms with Gasteiger partial charge in [-0.2, -0.15) is 11.3 Å². The molecule has 2 heterocycles. The number of thiazole rings is 1. The Kier molecular flexibility index (Phi) is 3.77. The van der Waals surface area contributed by atoms with Crippen LogP contribution in [0.15, 0.2) is 22.2 Å². The lowest BCUT2D eigenvalue weighted by Gasteiger charge is -2.58. The molecular formula is C19H20ClNO2S2. The van der Waals surface area contributed by atoms with Gasteiger partial charge >= 0.3 is 5.97 Å². The van der Waals surface area contributed by atoms with Crippen LogP contribution in [0.25, 0.3) is 10.6 Å². The molecular weight excluding hydrogens is 374 g/mol. The summed E-state index contributed by atoms with van der Waals surface area (Å²) in [6, 6.07) is 2.06. The van der Waals surface area contributed by atoms with E-state index in [0.717, 1.165) is 48.4 Å². The highest BCUT2D eigenvalue weighted by Crippen LogP contribution is 2.64. The molecule has 4 aliphatic carbocycles. The fourth-order valence-electron chi connectivity index (χ4n) is 5.57. The maximum atomic E-state index is 12.9. The highest BCUT2D eigenvalue weighted by molar-refractivity contribution is 7.14. The molecule has 4 saturated carbocycles. The van der Waals surface area contributed by atoms with Crippen molar-refractivity contribution < 1.29 is 9.53 Å². The van der Waals surface area contributed by atoms with Gasteiger partial charge in [0.1, 0.15) is 11.6 Å². The molecule has 3 nitrogen and oxygen atoms in total. The van der Waals surface area contributed by atoms with Crippen molar-refractivity contribution in [2.24, 2.45) is 17.3 Å². The smallest absolute Gasteiger partial charge is 0.312 e. The molecule has 4 bridgehead atoms. The molecule has 0 N–H and O–H groups in total. The standard InChI is InChI=1S/C19H20ClNO2S2/c20-19-6-12-3-13(7-19)5-18(4-12,11-19)17(22)23-8-15-10-25-16(21-15)14-1-2-24-9-14/h1-2,9-10,12-13H,3-8,11H2/t12-,13+,18?,19?. The summed E-state index contributed by atoms with van der Waals surface area (Å²) in [5, 5.41) is 7.11. The summed E-state index contributed by atoms with van der Waals surface area (Å²) in [4.78, 5) is 17.4. The Balaban J connectivity index is 1.28. The van der Waals surface area contributed by atoms with Crippen LogP contribution in [0.1, 0.15) is 44.2 Å². The lowest BCUT2D eigenvalue weighted by atomic mass is 9.49. The molecule has 4 atom stereocenters. The number of hydrogen-bond donors (Lipinski definition) is 0. The predicted molar refractivity (Wildman–Crippen MR) is 101 cm³/mol. The van der Waals surface area contributed by atoms with Crippen LogP contribution in [0.3, 0.4) is 0 Å². The molecule has 6 rings (SSSR count). The molecule has 2 aromatic rings. The van der Waals surface area contributed by atoms with Gasteiger partial charge < -0.3 is 4.74 Å².